The fourth-order valence-electron chi connectivity index (χ4n) is 3.75. The number of aliphatic imine (C=N–C) groups is 1. The first-order valence-corrected chi connectivity index (χ1v) is 11.1. The number of guanidine groups is 1. The van der Waals surface area contributed by atoms with Gasteiger partial charge in [-0.05, 0) is 51.9 Å². The van der Waals surface area contributed by atoms with E-state index in [-0.39, 0.29) is 6.54 Å². The quantitative estimate of drug-likeness (QED) is 0.301. The van der Waals surface area contributed by atoms with E-state index in [0.717, 1.165) is 75.1 Å². The molecule has 1 saturated heterocycles. The minimum Gasteiger partial charge on any atom is -0.469 e. The number of aryl methyl sites for hydroxylation is 2. The van der Waals surface area contributed by atoms with Crippen molar-refractivity contribution in [2.75, 3.05) is 52.5 Å². The van der Waals surface area contributed by atoms with Gasteiger partial charge in [0.05, 0.1) is 26.0 Å². The Morgan fingerprint density at radius 2 is 2.00 bits per heavy atom. The molecule has 2 aromatic rings. The number of nitrogens with one attached hydrogen (secondary N) is 2. The molecule has 0 saturated carbocycles. The van der Waals surface area contributed by atoms with Gasteiger partial charge in [0.15, 0.2) is 5.96 Å². The third-order valence-electron chi connectivity index (χ3n) is 5.46. The van der Waals surface area contributed by atoms with E-state index in [2.05, 4.69) is 20.5 Å². The molecular weight excluding hydrogens is 396 g/mol. The molecule has 0 aromatic carbocycles. The van der Waals surface area contributed by atoms with Gasteiger partial charge in [-0.25, -0.2) is 4.99 Å². The lowest BCUT2D eigenvalue weighted by Crippen LogP contribution is -2.42. The number of nitrogens with zero attached hydrogens (tertiary/aromatic N) is 2. The van der Waals surface area contributed by atoms with Gasteiger partial charge >= 0.3 is 0 Å². The molecule has 1 aliphatic rings. The number of ether oxygens (including phenoxy) is 1. The van der Waals surface area contributed by atoms with E-state index >= 15 is 0 Å². The normalized spacial score (nSPS) is 17.5. The van der Waals surface area contributed by atoms with E-state index in [1.54, 1.807) is 13.2 Å². The molecule has 0 spiro atoms. The van der Waals surface area contributed by atoms with E-state index in [0.29, 0.717) is 12.5 Å². The minimum absolute atomic E-state index is 0.229. The van der Waals surface area contributed by atoms with Gasteiger partial charge in [-0.15, -0.1) is 0 Å². The van der Waals surface area contributed by atoms with Crippen molar-refractivity contribution in [3.05, 3.63) is 47.3 Å². The van der Waals surface area contributed by atoms with Crippen LogP contribution in [0.3, 0.4) is 0 Å². The second-order valence-electron chi connectivity index (χ2n) is 8.26. The molecule has 1 unspecified atom stereocenters. The van der Waals surface area contributed by atoms with Crippen LogP contribution in [0.2, 0.25) is 0 Å². The fraction of sp³-hybridized carbons (Fsp3) is 0.609. The summed E-state index contributed by atoms with van der Waals surface area (Å²) in [5, 5.41) is 17.7. The molecule has 2 aromatic heterocycles. The summed E-state index contributed by atoms with van der Waals surface area (Å²) in [4.78, 5) is 7.08. The monoisotopic (exact) mass is 432 g/mol. The van der Waals surface area contributed by atoms with Crippen LogP contribution in [-0.4, -0.2) is 68.4 Å². The van der Waals surface area contributed by atoms with Crippen LogP contribution in [0.5, 0.6) is 0 Å². The van der Waals surface area contributed by atoms with Gasteiger partial charge in [-0.1, -0.05) is 0 Å². The summed E-state index contributed by atoms with van der Waals surface area (Å²) in [7, 11) is 0. The van der Waals surface area contributed by atoms with Gasteiger partial charge in [0.25, 0.3) is 0 Å². The minimum atomic E-state index is -1.11. The van der Waals surface area contributed by atoms with Gasteiger partial charge in [-0.2, -0.15) is 0 Å². The molecule has 172 valence electrons. The molecule has 3 heterocycles. The first-order chi connectivity index (χ1) is 14.9. The van der Waals surface area contributed by atoms with Gasteiger partial charge < -0.3 is 29.3 Å². The summed E-state index contributed by atoms with van der Waals surface area (Å²) < 4.78 is 16.4. The smallest absolute Gasteiger partial charge is 0.191 e. The van der Waals surface area contributed by atoms with Gasteiger partial charge in [-0.3, -0.25) is 4.90 Å². The second-order valence-corrected chi connectivity index (χ2v) is 8.26. The van der Waals surface area contributed by atoms with Crippen molar-refractivity contribution in [3.8, 4) is 0 Å². The first-order valence-electron chi connectivity index (χ1n) is 11.1. The Hall–Kier alpha value is -2.29. The van der Waals surface area contributed by atoms with Gasteiger partial charge in [0.1, 0.15) is 22.9 Å². The zero-order valence-electron chi connectivity index (χ0n) is 18.9. The topological polar surface area (TPSA) is 95.4 Å². The van der Waals surface area contributed by atoms with Crippen molar-refractivity contribution in [1.29, 1.82) is 0 Å². The summed E-state index contributed by atoms with van der Waals surface area (Å²) in [5.41, 5.74) is -0.332. The summed E-state index contributed by atoms with van der Waals surface area (Å²) >= 11 is 0. The zero-order chi connectivity index (χ0) is 22.1. The third-order valence-corrected chi connectivity index (χ3v) is 5.46. The maximum Gasteiger partial charge on any atom is 0.191 e. The lowest BCUT2D eigenvalue weighted by molar-refractivity contribution is 0.0376. The zero-order valence-corrected chi connectivity index (χ0v) is 18.9. The highest BCUT2D eigenvalue weighted by Gasteiger charge is 2.27. The molecule has 3 rings (SSSR count). The number of hydrogen-bond acceptors (Lipinski definition) is 6. The molecule has 0 aliphatic carbocycles. The molecule has 1 fully saturated rings. The number of furan rings is 2. The Labute approximate surface area is 184 Å². The Kier molecular flexibility index (Phi) is 8.57. The first kappa shape index (κ1) is 23.4. The molecule has 0 amide bonds. The highest BCUT2D eigenvalue weighted by Crippen LogP contribution is 2.27. The Morgan fingerprint density at radius 1 is 1.23 bits per heavy atom. The fourth-order valence-corrected chi connectivity index (χ4v) is 3.75. The second kappa shape index (κ2) is 11.4. The van der Waals surface area contributed by atoms with Crippen LogP contribution in [0, 0.1) is 13.8 Å². The van der Waals surface area contributed by atoms with Crippen LogP contribution in [0.1, 0.15) is 36.2 Å². The van der Waals surface area contributed by atoms with Crippen molar-refractivity contribution >= 4 is 5.96 Å². The van der Waals surface area contributed by atoms with Crippen molar-refractivity contribution < 1.29 is 18.7 Å². The van der Waals surface area contributed by atoms with Crippen molar-refractivity contribution in [1.82, 2.24) is 15.5 Å². The third kappa shape index (κ3) is 7.41. The molecule has 31 heavy (non-hydrogen) atoms. The largest absolute Gasteiger partial charge is 0.469 e. The maximum absolute atomic E-state index is 11.0. The van der Waals surface area contributed by atoms with Crippen LogP contribution in [0.15, 0.2) is 38.3 Å². The molecule has 8 heteroatoms. The molecule has 0 bridgehead atoms. The van der Waals surface area contributed by atoms with Crippen LogP contribution >= 0.6 is 0 Å². The number of morpholine rings is 1. The molecule has 3 N–H and O–H groups in total. The lowest BCUT2D eigenvalue weighted by atomic mass is 9.96. The van der Waals surface area contributed by atoms with E-state index in [1.807, 2.05) is 32.0 Å². The Morgan fingerprint density at radius 3 is 2.68 bits per heavy atom. The summed E-state index contributed by atoms with van der Waals surface area (Å²) in [6.45, 7) is 11.9. The molecule has 8 nitrogen and oxygen atoms in total. The molecule has 1 atom stereocenters. The average Bonchev–Trinajstić information content (AvgIpc) is 3.39. The van der Waals surface area contributed by atoms with E-state index in [9.17, 15) is 5.11 Å². The standard InChI is InChI=1S/C23H36N4O4/c1-18-16-21(19(2)31-18)23(3,28)17-26-22(25-9-7-20-6-4-13-30-20)24-8-5-10-27-11-14-29-15-12-27/h4,6,13,16,28H,5,7-12,14-15,17H2,1-3H3,(H2,24,25,26). The highest BCUT2D eigenvalue weighted by molar-refractivity contribution is 5.79. The predicted molar refractivity (Wildman–Crippen MR) is 120 cm³/mol. The maximum atomic E-state index is 11.0. The summed E-state index contributed by atoms with van der Waals surface area (Å²) in [6, 6.07) is 5.73. The Bertz CT molecular complexity index is 808. The lowest BCUT2D eigenvalue weighted by Gasteiger charge is -2.26. The highest BCUT2D eigenvalue weighted by atomic mass is 16.5. The molecule has 0 radical (unpaired) electrons. The average molecular weight is 433 g/mol. The Balaban J connectivity index is 1.54. The van der Waals surface area contributed by atoms with Crippen molar-refractivity contribution in [2.24, 2.45) is 4.99 Å². The number of hydrogen-bond donors (Lipinski definition) is 3. The summed E-state index contributed by atoms with van der Waals surface area (Å²) in [6.07, 6.45) is 3.45. The van der Waals surface area contributed by atoms with E-state index < -0.39 is 5.60 Å². The SMILES string of the molecule is Cc1cc(C(C)(O)CN=C(NCCCN2CCOCC2)NCCc2ccco2)c(C)o1. The predicted octanol–water partition coefficient (Wildman–Crippen LogP) is 2.20. The van der Waals surface area contributed by atoms with Gasteiger partial charge in [0, 0.05) is 38.2 Å². The molecule has 1 aliphatic heterocycles. The van der Waals surface area contributed by atoms with Crippen LogP contribution in [0.25, 0.3) is 0 Å². The van der Waals surface area contributed by atoms with Gasteiger partial charge in [0.2, 0.25) is 0 Å². The number of rotatable bonds is 10. The van der Waals surface area contributed by atoms with E-state index in [4.69, 9.17) is 13.6 Å². The molecular formula is C23H36N4O4. The van der Waals surface area contributed by atoms with Crippen LogP contribution in [0.4, 0.5) is 0 Å². The van der Waals surface area contributed by atoms with Crippen molar-refractivity contribution in [2.45, 2.75) is 39.2 Å². The van der Waals surface area contributed by atoms with Crippen molar-refractivity contribution in [3.63, 3.8) is 0 Å². The van der Waals surface area contributed by atoms with Crippen LogP contribution in [-0.2, 0) is 16.8 Å². The number of aliphatic hydroxyl groups is 1. The summed E-state index contributed by atoms with van der Waals surface area (Å²) in [5.74, 6) is 3.13. The van der Waals surface area contributed by atoms with Crippen LogP contribution < -0.4 is 10.6 Å². The van der Waals surface area contributed by atoms with E-state index in [1.165, 1.54) is 0 Å².